The van der Waals surface area contributed by atoms with Gasteiger partial charge in [0.25, 0.3) is 0 Å². The van der Waals surface area contributed by atoms with Gasteiger partial charge >= 0.3 is 0 Å². The highest BCUT2D eigenvalue weighted by Gasteiger charge is 2.26. The lowest BCUT2D eigenvalue weighted by Crippen LogP contribution is -2.37. The second kappa shape index (κ2) is 9.96. The summed E-state index contributed by atoms with van der Waals surface area (Å²) in [7, 11) is 0. The van der Waals surface area contributed by atoms with Gasteiger partial charge in [-0.15, -0.1) is 0 Å². The molecule has 1 aliphatic heterocycles. The summed E-state index contributed by atoms with van der Waals surface area (Å²) in [6.45, 7) is 8.20. The molecule has 7 nitrogen and oxygen atoms in total. The Morgan fingerprint density at radius 3 is 2.62 bits per heavy atom. The number of ether oxygens (including phenoxy) is 1. The molecule has 0 atom stereocenters. The molecule has 4 rings (SSSR count). The smallest absolute Gasteiger partial charge is 0.241 e. The van der Waals surface area contributed by atoms with E-state index in [1.54, 1.807) is 0 Å². The third kappa shape index (κ3) is 5.34. The Hall–Kier alpha value is -3.19. The number of aromatic nitrogens is 2. The number of hydrogen-bond donors (Lipinski definition) is 1. The number of carbonyl (C=O) groups is 1. The average molecular weight is 435 g/mol. The molecular weight excluding hydrogens is 404 g/mol. The van der Waals surface area contributed by atoms with Crippen LogP contribution in [0.3, 0.4) is 0 Å². The van der Waals surface area contributed by atoms with E-state index in [9.17, 15) is 4.79 Å². The highest BCUT2D eigenvalue weighted by Crippen LogP contribution is 2.27. The Bertz CT molecular complexity index is 1050. The molecule has 0 spiro atoms. The molecule has 2 heterocycles. The Morgan fingerprint density at radius 1 is 1.16 bits per heavy atom. The Balaban J connectivity index is 1.30. The zero-order chi connectivity index (χ0) is 22.5. The van der Waals surface area contributed by atoms with Gasteiger partial charge < -0.3 is 14.6 Å². The number of nitrogens with one attached hydrogen (secondary N) is 1. The minimum absolute atomic E-state index is 0.0245. The molecule has 32 heavy (non-hydrogen) atoms. The van der Waals surface area contributed by atoms with Gasteiger partial charge in [-0.05, 0) is 64.4 Å². The third-order valence-corrected chi connectivity index (χ3v) is 5.68. The van der Waals surface area contributed by atoms with E-state index in [1.807, 2.05) is 69.3 Å². The number of para-hydroxylation sites is 2. The highest BCUT2D eigenvalue weighted by molar-refractivity contribution is 5.94. The number of anilines is 1. The summed E-state index contributed by atoms with van der Waals surface area (Å²) in [4.78, 5) is 19.7. The molecule has 1 aromatic heterocycles. The lowest BCUT2D eigenvalue weighted by atomic mass is 9.96. The summed E-state index contributed by atoms with van der Waals surface area (Å²) < 4.78 is 11.3. The minimum atomic E-state index is -0.0245. The third-order valence-electron chi connectivity index (χ3n) is 5.68. The molecule has 3 aromatic rings. The van der Waals surface area contributed by atoms with Crippen molar-refractivity contribution in [2.45, 2.75) is 46.3 Å². The molecule has 168 valence electrons. The topological polar surface area (TPSA) is 80.5 Å². The van der Waals surface area contributed by atoms with Crippen LogP contribution in [0.1, 0.15) is 38.1 Å². The van der Waals surface area contributed by atoms with Gasteiger partial charge in [0.1, 0.15) is 5.75 Å². The van der Waals surface area contributed by atoms with E-state index in [4.69, 9.17) is 9.26 Å². The fraction of sp³-hybridized carbons (Fsp3) is 0.400. The first-order valence-electron chi connectivity index (χ1n) is 11.2. The molecule has 1 saturated heterocycles. The first kappa shape index (κ1) is 22.0. The SMILES string of the molecule is Cc1ccccc1-c1noc(CN2CCC(C(=O)Nc3ccccc3OC(C)C)CC2)n1. The quantitative estimate of drug-likeness (QED) is 0.581. The molecule has 7 heteroatoms. The summed E-state index contributed by atoms with van der Waals surface area (Å²) in [6.07, 6.45) is 1.63. The molecule has 2 aromatic carbocycles. The van der Waals surface area contributed by atoms with E-state index < -0.39 is 0 Å². The van der Waals surface area contributed by atoms with Crippen LogP contribution in [0.5, 0.6) is 5.75 Å². The maximum Gasteiger partial charge on any atom is 0.241 e. The van der Waals surface area contributed by atoms with E-state index in [1.165, 1.54) is 0 Å². The van der Waals surface area contributed by atoms with Gasteiger partial charge in [-0.2, -0.15) is 4.98 Å². The zero-order valence-corrected chi connectivity index (χ0v) is 18.9. The summed E-state index contributed by atoms with van der Waals surface area (Å²) >= 11 is 0. The summed E-state index contributed by atoms with van der Waals surface area (Å²) in [6, 6.07) is 15.6. The van der Waals surface area contributed by atoms with Crippen LogP contribution in [-0.4, -0.2) is 40.1 Å². The van der Waals surface area contributed by atoms with Crippen molar-refractivity contribution in [1.29, 1.82) is 0 Å². The first-order chi connectivity index (χ1) is 15.5. The van der Waals surface area contributed by atoms with Crippen LogP contribution in [0.25, 0.3) is 11.4 Å². The van der Waals surface area contributed by atoms with Crippen LogP contribution in [-0.2, 0) is 11.3 Å². The van der Waals surface area contributed by atoms with Crippen molar-refractivity contribution in [3.05, 3.63) is 60.0 Å². The van der Waals surface area contributed by atoms with Crippen molar-refractivity contribution in [1.82, 2.24) is 15.0 Å². The van der Waals surface area contributed by atoms with Crippen molar-refractivity contribution in [3.8, 4) is 17.1 Å². The van der Waals surface area contributed by atoms with Crippen LogP contribution in [0, 0.1) is 12.8 Å². The number of benzene rings is 2. The molecule has 1 aliphatic rings. The van der Waals surface area contributed by atoms with Gasteiger partial charge in [0.2, 0.25) is 17.6 Å². The summed E-state index contributed by atoms with van der Waals surface area (Å²) in [5.74, 6) is 1.95. The van der Waals surface area contributed by atoms with Crippen LogP contribution in [0.4, 0.5) is 5.69 Å². The van der Waals surface area contributed by atoms with E-state index in [2.05, 4.69) is 20.4 Å². The number of piperidine rings is 1. The van der Waals surface area contributed by atoms with Gasteiger partial charge in [0, 0.05) is 11.5 Å². The number of hydrogen-bond acceptors (Lipinski definition) is 6. The van der Waals surface area contributed by atoms with Gasteiger partial charge in [-0.3, -0.25) is 9.69 Å². The molecule has 1 fully saturated rings. The number of likely N-dealkylation sites (tertiary alicyclic amines) is 1. The van der Waals surface area contributed by atoms with Crippen LogP contribution in [0.2, 0.25) is 0 Å². The summed E-state index contributed by atoms with van der Waals surface area (Å²) in [5, 5.41) is 7.20. The molecular formula is C25H30N4O3. The van der Waals surface area contributed by atoms with Gasteiger partial charge in [0.15, 0.2) is 0 Å². The number of rotatable bonds is 7. The average Bonchev–Trinajstić information content (AvgIpc) is 3.24. The predicted molar refractivity (Wildman–Crippen MR) is 123 cm³/mol. The monoisotopic (exact) mass is 434 g/mol. The molecule has 1 amide bonds. The maximum atomic E-state index is 12.8. The number of amides is 1. The normalized spacial score (nSPS) is 15.1. The van der Waals surface area contributed by atoms with Gasteiger partial charge in [-0.1, -0.05) is 41.6 Å². The van der Waals surface area contributed by atoms with Crippen molar-refractivity contribution >= 4 is 11.6 Å². The minimum Gasteiger partial charge on any atom is -0.489 e. The Morgan fingerprint density at radius 2 is 1.88 bits per heavy atom. The van der Waals surface area contributed by atoms with E-state index in [-0.39, 0.29) is 17.9 Å². The van der Waals surface area contributed by atoms with Crippen LogP contribution < -0.4 is 10.1 Å². The van der Waals surface area contributed by atoms with Gasteiger partial charge in [0.05, 0.1) is 18.3 Å². The second-order valence-electron chi connectivity index (χ2n) is 8.53. The highest BCUT2D eigenvalue weighted by atomic mass is 16.5. The van der Waals surface area contributed by atoms with Crippen molar-refractivity contribution < 1.29 is 14.1 Å². The standard InChI is InChI=1S/C25H30N4O3/c1-17(2)31-22-11-7-6-10-21(22)26-25(30)19-12-14-29(15-13-19)16-23-27-24(28-32-23)20-9-5-4-8-18(20)3/h4-11,17,19H,12-16H2,1-3H3,(H,26,30). The molecule has 0 saturated carbocycles. The first-order valence-corrected chi connectivity index (χ1v) is 11.2. The maximum absolute atomic E-state index is 12.8. The Kier molecular flexibility index (Phi) is 6.85. The van der Waals surface area contributed by atoms with E-state index in [0.717, 1.165) is 42.7 Å². The Labute approximate surface area is 188 Å². The van der Waals surface area contributed by atoms with Crippen LogP contribution in [0.15, 0.2) is 53.1 Å². The number of aryl methyl sites for hydroxylation is 1. The van der Waals surface area contributed by atoms with Crippen molar-refractivity contribution in [2.75, 3.05) is 18.4 Å². The second-order valence-corrected chi connectivity index (χ2v) is 8.53. The van der Waals surface area contributed by atoms with Crippen molar-refractivity contribution in [2.24, 2.45) is 5.92 Å². The fourth-order valence-electron chi connectivity index (χ4n) is 3.96. The molecule has 1 N–H and O–H groups in total. The number of carbonyl (C=O) groups excluding carboxylic acids is 1. The van der Waals surface area contributed by atoms with Crippen LogP contribution >= 0.6 is 0 Å². The fourth-order valence-corrected chi connectivity index (χ4v) is 3.96. The predicted octanol–water partition coefficient (Wildman–Crippen LogP) is 4.68. The lowest BCUT2D eigenvalue weighted by molar-refractivity contribution is -0.121. The molecule has 0 bridgehead atoms. The lowest BCUT2D eigenvalue weighted by Gasteiger charge is -2.30. The van der Waals surface area contributed by atoms with Crippen molar-refractivity contribution in [3.63, 3.8) is 0 Å². The number of nitrogens with zero attached hydrogens (tertiary/aromatic N) is 3. The molecule has 0 unspecified atom stereocenters. The van der Waals surface area contributed by atoms with Gasteiger partial charge in [-0.25, -0.2) is 0 Å². The van der Waals surface area contributed by atoms with E-state index in [0.29, 0.717) is 24.0 Å². The van der Waals surface area contributed by atoms with E-state index >= 15 is 0 Å². The molecule has 0 radical (unpaired) electrons. The summed E-state index contributed by atoms with van der Waals surface area (Å²) in [5.41, 5.74) is 2.83. The molecule has 0 aliphatic carbocycles. The zero-order valence-electron chi connectivity index (χ0n) is 18.9. The largest absolute Gasteiger partial charge is 0.489 e.